The summed E-state index contributed by atoms with van der Waals surface area (Å²) in [7, 11) is 0. The van der Waals surface area contributed by atoms with Crippen molar-refractivity contribution < 1.29 is 4.74 Å². The molecular formula is C27H37N3O. The van der Waals surface area contributed by atoms with Gasteiger partial charge in [-0.25, -0.2) is 4.98 Å². The minimum Gasteiger partial charge on any atom is -0.493 e. The molecule has 0 aliphatic carbocycles. The van der Waals surface area contributed by atoms with E-state index >= 15 is 0 Å². The Hall–Kier alpha value is -2.33. The number of hydrogen-bond donors (Lipinski definition) is 0. The zero-order valence-corrected chi connectivity index (χ0v) is 19.4. The predicted molar refractivity (Wildman–Crippen MR) is 129 cm³/mol. The molecule has 1 saturated heterocycles. The van der Waals surface area contributed by atoms with Crippen molar-refractivity contribution in [3.05, 3.63) is 59.4 Å². The number of benzene rings is 2. The number of ether oxygens (including phenoxy) is 1. The second-order valence-corrected chi connectivity index (χ2v) is 9.22. The van der Waals surface area contributed by atoms with Crippen molar-refractivity contribution in [2.24, 2.45) is 0 Å². The Labute approximate surface area is 187 Å². The molecule has 4 nitrogen and oxygen atoms in total. The Morgan fingerprint density at radius 2 is 1.81 bits per heavy atom. The molecule has 0 atom stereocenters. The Morgan fingerprint density at radius 3 is 2.61 bits per heavy atom. The lowest BCUT2D eigenvalue weighted by Crippen LogP contribution is -2.21. The average molecular weight is 420 g/mol. The fourth-order valence-electron chi connectivity index (χ4n) is 4.68. The van der Waals surface area contributed by atoms with Gasteiger partial charge in [0.2, 0.25) is 0 Å². The zero-order valence-electron chi connectivity index (χ0n) is 19.4. The fraction of sp³-hybridized carbons (Fsp3) is 0.519. The van der Waals surface area contributed by atoms with Crippen molar-refractivity contribution in [2.75, 3.05) is 26.2 Å². The van der Waals surface area contributed by atoms with E-state index in [9.17, 15) is 0 Å². The monoisotopic (exact) mass is 419 g/mol. The van der Waals surface area contributed by atoms with Crippen LogP contribution >= 0.6 is 0 Å². The summed E-state index contributed by atoms with van der Waals surface area (Å²) in [5, 5.41) is 0. The largest absolute Gasteiger partial charge is 0.493 e. The third-order valence-electron chi connectivity index (χ3n) is 6.38. The summed E-state index contributed by atoms with van der Waals surface area (Å²) in [5.74, 6) is 2.73. The highest BCUT2D eigenvalue weighted by atomic mass is 16.5. The van der Waals surface area contributed by atoms with Gasteiger partial charge in [-0.2, -0.15) is 0 Å². The van der Waals surface area contributed by atoms with Gasteiger partial charge in [0, 0.05) is 13.0 Å². The van der Waals surface area contributed by atoms with Crippen molar-refractivity contribution >= 4 is 11.0 Å². The standard InChI is InChI=1S/C27H37N3O/c1-21(2)23-14-13-22(3)20-26(23)31-19-9-18-30-25-11-5-4-10-24(25)28-27(30)12-8-17-29-15-6-7-16-29/h4-5,10-11,13-14,20-21H,6-9,12,15-19H2,1-3H3. The highest BCUT2D eigenvalue weighted by Crippen LogP contribution is 2.27. The molecule has 2 heterocycles. The van der Waals surface area contributed by atoms with Crippen molar-refractivity contribution in [3.8, 4) is 5.75 Å². The lowest BCUT2D eigenvalue weighted by atomic mass is 10.0. The van der Waals surface area contributed by atoms with E-state index in [0.717, 1.165) is 37.3 Å². The summed E-state index contributed by atoms with van der Waals surface area (Å²) in [6, 6.07) is 15.1. The second kappa shape index (κ2) is 10.3. The summed E-state index contributed by atoms with van der Waals surface area (Å²) in [6.07, 6.45) is 5.92. The first-order valence-electron chi connectivity index (χ1n) is 12.0. The third-order valence-corrected chi connectivity index (χ3v) is 6.38. The van der Waals surface area contributed by atoms with Crippen LogP contribution in [-0.4, -0.2) is 40.7 Å². The molecule has 166 valence electrons. The minimum absolute atomic E-state index is 0.468. The first-order chi connectivity index (χ1) is 15.1. The molecule has 1 aromatic heterocycles. The van der Waals surface area contributed by atoms with Crippen LogP contribution in [0, 0.1) is 6.92 Å². The van der Waals surface area contributed by atoms with E-state index in [2.05, 4.69) is 72.7 Å². The van der Waals surface area contributed by atoms with E-state index in [4.69, 9.17) is 9.72 Å². The van der Waals surface area contributed by atoms with Gasteiger partial charge in [-0.05, 0) is 87.5 Å². The summed E-state index contributed by atoms with van der Waals surface area (Å²) in [4.78, 5) is 7.56. The number of para-hydroxylation sites is 2. The lowest BCUT2D eigenvalue weighted by molar-refractivity contribution is 0.297. The summed E-state index contributed by atoms with van der Waals surface area (Å²) in [5.41, 5.74) is 4.90. The molecule has 1 aliphatic rings. The topological polar surface area (TPSA) is 30.3 Å². The van der Waals surface area contributed by atoms with Gasteiger partial charge in [0.25, 0.3) is 0 Å². The van der Waals surface area contributed by atoms with E-state index in [0.29, 0.717) is 5.92 Å². The van der Waals surface area contributed by atoms with E-state index in [-0.39, 0.29) is 0 Å². The van der Waals surface area contributed by atoms with E-state index < -0.39 is 0 Å². The molecule has 1 fully saturated rings. The molecule has 0 bridgehead atoms. The normalized spacial score (nSPS) is 14.7. The SMILES string of the molecule is Cc1ccc(C(C)C)c(OCCCn2c(CCCN3CCCC3)nc3ccccc32)c1. The van der Waals surface area contributed by atoms with Crippen LogP contribution in [0.15, 0.2) is 42.5 Å². The van der Waals surface area contributed by atoms with Gasteiger partial charge in [-0.1, -0.05) is 38.1 Å². The molecule has 0 spiro atoms. The van der Waals surface area contributed by atoms with Gasteiger partial charge < -0.3 is 14.2 Å². The smallest absolute Gasteiger partial charge is 0.123 e. The Kier molecular flexibility index (Phi) is 7.29. The van der Waals surface area contributed by atoms with Gasteiger partial charge >= 0.3 is 0 Å². The predicted octanol–water partition coefficient (Wildman–Crippen LogP) is 5.97. The molecule has 0 unspecified atom stereocenters. The molecule has 4 rings (SSSR count). The zero-order chi connectivity index (χ0) is 21.6. The number of hydrogen-bond acceptors (Lipinski definition) is 3. The van der Waals surface area contributed by atoms with Crippen LogP contribution in [0.4, 0.5) is 0 Å². The number of aromatic nitrogens is 2. The fourth-order valence-corrected chi connectivity index (χ4v) is 4.68. The van der Waals surface area contributed by atoms with Crippen molar-refractivity contribution in [2.45, 2.75) is 65.3 Å². The molecule has 0 amide bonds. The Morgan fingerprint density at radius 1 is 1.00 bits per heavy atom. The van der Waals surface area contributed by atoms with Gasteiger partial charge in [-0.3, -0.25) is 0 Å². The Bertz CT molecular complexity index is 985. The third kappa shape index (κ3) is 5.48. The molecule has 0 saturated carbocycles. The maximum Gasteiger partial charge on any atom is 0.123 e. The van der Waals surface area contributed by atoms with Crippen LogP contribution in [0.1, 0.15) is 62.4 Å². The number of nitrogens with zero attached hydrogens (tertiary/aromatic N) is 3. The number of fused-ring (bicyclic) bond motifs is 1. The summed E-state index contributed by atoms with van der Waals surface area (Å²) < 4.78 is 8.66. The van der Waals surface area contributed by atoms with Gasteiger partial charge in [0.1, 0.15) is 11.6 Å². The lowest BCUT2D eigenvalue weighted by Gasteiger charge is -2.16. The summed E-state index contributed by atoms with van der Waals surface area (Å²) in [6.45, 7) is 12.0. The van der Waals surface area contributed by atoms with Crippen LogP contribution in [0.3, 0.4) is 0 Å². The van der Waals surface area contributed by atoms with Crippen LogP contribution in [0.2, 0.25) is 0 Å². The number of rotatable bonds is 10. The highest BCUT2D eigenvalue weighted by Gasteiger charge is 2.14. The maximum atomic E-state index is 6.24. The van der Waals surface area contributed by atoms with Crippen molar-refractivity contribution in [3.63, 3.8) is 0 Å². The maximum absolute atomic E-state index is 6.24. The molecular weight excluding hydrogens is 382 g/mol. The highest BCUT2D eigenvalue weighted by molar-refractivity contribution is 5.75. The Balaban J connectivity index is 1.39. The van der Waals surface area contributed by atoms with E-state index in [1.54, 1.807) is 0 Å². The molecule has 0 radical (unpaired) electrons. The second-order valence-electron chi connectivity index (χ2n) is 9.22. The van der Waals surface area contributed by atoms with E-state index in [1.165, 1.54) is 61.4 Å². The van der Waals surface area contributed by atoms with Crippen LogP contribution in [-0.2, 0) is 13.0 Å². The molecule has 3 aromatic rings. The first-order valence-corrected chi connectivity index (χ1v) is 12.0. The molecule has 2 aromatic carbocycles. The number of aryl methyl sites for hydroxylation is 3. The first kappa shape index (κ1) is 21.9. The van der Waals surface area contributed by atoms with Crippen LogP contribution in [0.25, 0.3) is 11.0 Å². The van der Waals surface area contributed by atoms with Crippen LogP contribution < -0.4 is 4.74 Å². The van der Waals surface area contributed by atoms with E-state index in [1.807, 2.05) is 0 Å². The van der Waals surface area contributed by atoms with Gasteiger partial charge in [0.15, 0.2) is 0 Å². The minimum atomic E-state index is 0.468. The average Bonchev–Trinajstić information content (AvgIpc) is 3.39. The molecule has 4 heteroatoms. The summed E-state index contributed by atoms with van der Waals surface area (Å²) >= 11 is 0. The van der Waals surface area contributed by atoms with Crippen molar-refractivity contribution in [1.29, 1.82) is 0 Å². The molecule has 31 heavy (non-hydrogen) atoms. The van der Waals surface area contributed by atoms with Gasteiger partial charge in [-0.15, -0.1) is 0 Å². The van der Waals surface area contributed by atoms with Crippen molar-refractivity contribution in [1.82, 2.24) is 14.5 Å². The van der Waals surface area contributed by atoms with Gasteiger partial charge in [0.05, 0.1) is 17.6 Å². The quantitative estimate of drug-likeness (QED) is 0.380. The molecule has 0 N–H and O–H groups in total. The number of likely N-dealkylation sites (tertiary alicyclic amines) is 1. The molecule has 1 aliphatic heterocycles. The van der Waals surface area contributed by atoms with Crippen LogP contribution in [0.5, 0.6) is 5.75 Å². The number of imidazole rings is 1.